The van der Waals surface area contributed by atoms with Gasteiger partial charge in [-0.3, -0.25) is 9.59 Å². The molecular formula is C10H23N3O5. The maximum Gasteiger partial charge on any atom is 0.323 e. The molecule has 0 bridgehead atoms. The van der Waals surface area contributed by atoms with Gasteiger partial charge in [-0.2, -0.15) is 0 Å². The average Bonchev–Trinajstić information content (AvgIpc) is 2.28. The van der Waals surface area contributed by atoms with E-state index in [2.05, 4.69) is 0 Å². The SMILES string of the molecule is CC(O)[C@@H](N)C(=O)O.NCCCC[C@H](N)C(=O)O. The van der Waals surface area contributed by atoms with Gasteiger partial charge in [-0.25, -0.2) is 0 Å². The highest BCUT2D eigenvalue weighted by Gasteiger charge is 2.16. The quantitative estimate of drug-likeness (QED) is 0.295. The van der Waals surface area contributed by atoms with E-state index in [0.717, 1.165) is 12.8 Å². The first kappa shape index (κ1) is 19.1. The number of nitrogens with two attached hydrogens (primary N) is 3. The van der Waals surface area contributed by atoms with E-state index in [1.54, 1.807) is 0 Å². The first-order chi connectivity index (χ1) is 8.23. The highest BCUT2D eigenvalue weighted by molar-refractivity contribution is 5.73. The van der Waals surface area contributed by atoms with Crippen LogP contribution in [0.15, 0.2) is 0 Å². The average molecular weight is 265 g/mol. The van der Waals surface area contributed by atoms with Gasteiger partial charge in [0, 0.05) is 0 Å². The number of hydrogen-bond donors (Lipinski definition) is 6. The Hall–Kier alpha value is -1.22. The van der Waals surface area contributed by atoms with Gasteiger partial charge >= 0.3 is 11.9 Å². The zero-order valence-electron chi connectivity index (χ0n) is 10.5. The van der Waals surface area contributed by atoms with Crippen LogP contribution in [0, 0.1) is 0 Å². The third kappa shape index (κ3) is 11.3. The number of aliphatic hydroxyl groups excluding tert-OH is 1. The summed E-state index contributed by atoms with van der Waals surface area (Å²) in [5.74, 6) is -2.11. The molecule has 108 valence electrons. The fourth-order valence-corrected chi connectivity index (χ4v) is 0.838. The molecule has 0 spiro atoms. The van der Waals surface area contributed by atoms with Crippen molar-refractivity contribution in [3.05, 3.63) is 0 Å². The first-order valence-corrected chi connectivity index (χ1v) is 5.58. The summed E-state index contributed by atoms with van der Waals surface area (Å²) in [5.41, 5.74) is 15.3. The molecule has 8 nitrogen and oxygen atoms in total. The second-order valence-corrected chi connectivity index (χ2v) is 3.83. The van der Waals surface area contributed by atoms with E-state index in [4.69, 9.17) is 32.5 Å². The summed E-state index contributed by atoms with van der Waals surface area (Å²) in [6.45, 7) is 1.94. The van der Waals surface area contributed by atoms with Crippen LogP contribution in [0.1, 0.15) is 26.2 Å². The van der Waals surface area contributed by atoms with E-state index in [9.17, 15) is 9.59 Å². The zero-order valence-corrected chi connectivity index (χ0v) is 10.5. The lowest BCUT2D eigenvalue weighted by molar-refractivity contribution is -0.141. The molecule has 8 heteroatoms. The topological polar surface area (TPSA) is 173 Å². The van der Waals surface area contributed by atoms with Crippen molar-refractivity contribution < 1.29 is 24.9 Å². The molecule has 0 saturated carbocycles. The molecule has 0 aliphatic heterocycles. The molecule has 0 radical (unpaired) electrons. The number of unbranched alkanes of at least 4 members (excludes halogenated alkanes) is 1. The predicted octanol–water partition coefficient (Wildman–Crippen LogP) is -1.69. The summed E-state index contributed by atoms with van der Waals surface area (Å²) in [4.78, 5) is 20.0. The van der Waals surface area contributed by atoms with E-state index in [1.165, 1.54) is 6.92 Å². The Kier molecular flexibility index (Phi) is 11.6. The minimum atomic E-state index is -1.18. The van der Waals surface area contributed by atoms with Crippen LogP contribution in [0.25, 0.3) is 0 Å². The minimum absolute atomic E-state index is 0.520. The van der Waals surface area contributed by atoms with Crippen molar-refractivity contribution in [2.75, 3.05) is 6.54 Å². The monoisotopic (exact) mass is 265 g/mol. The Morgan fingerprint density at radius 3 is 1.83 bits per heavy atom. The number of carboxylic acid groups (broad SMARTS) is 2. The lowest BCUT2D eigenvalue weighted by Crippen LogP contribution is -2.39. The van der Waals surface area contributed by atoms with Crippen LogP contribution in [0.4, 0.5) is 0 Å². The van der Waals surface area contributed by atoms with E-state index >= 15 is 0 Å². The minimum Gasteiger partial charge on any atom is -0.480 e. The Bertz CT molecular complexity index is 248. The van der Waals surface area contributed by atoms with Crippen molar-refractivity contribution in [1.82, 2.24) is 0 Å². The molecule has 0 aliphatic carbocycles. The van der Waals surface area contributed by atoms with E-state index in [1.807, 2.05) is 0 Å². The second kappa shape index (κ2) is 10.9. The lowest BCUT2D eigenvalue weighted by Gasteiger charge is -2.06. The number of aliphatic hydroxyl groups is 1. The van der Waals surface area contributed by atoms with Gasteiger partial charge in [0.15, 0.2) is 0 Å². The Balaban J connectivity index is 0. The van der Waals surface area contributed by atoms with E-state index in [-0.39, 0.29) is 0 Å². The standard InChI is InChI=1S/C6H14N2O2.C4H9NO3/c7-4-2-1-3-5(8)6(9)10;1-2(6)3(5)4(7)8/h5H,1-4,7-8H2,(H,9,10);2-3,6H,5H2,1H3,(H,7,8)/t5-;2?,3-/m01/s1. The highest BCUT2D eigenvalue weighted by atomic mass is 16.4. The fraction of sp³-hybridized carbons (Fsp3) is 0.800. The van der Waals surface area contributed by atoms with E-state index < -0.39 is 30.1 Å². The molecule has 18 heavy (non-hydrogen) atoms. The fourth-order valence-electron chi connectivity index (χ4n) is 0.838. The highest BCUT2D eigenvalue weighted by Crippen LogP contribution is 1.96. The van der Waals surface area contributed by atoms with Gasteiger partial charge in [0.2, 0.25) is 0 Å². The van der Waals surface area contributed by atoms with Crippen molar-refractivity contribution in [3.63, 3.8) is 0 Å². The van der Waals surface area contributed by atoms with Crippen LogP contribution in [-0.4, -0.2) is 52.0 Å². The van der Waals surface area contributed by atoms with Crippen LogP contribution in [0.5, 0.6) is 0 Å². The second-order valence-electron chi connectivity index (χ2n) is 3.83. The van der Waals surface area contributed by atoms with Gasteiger partial charge in [-0.1, -0.05) is 6.42 Å². The van der Waals surface area contributed by atoms with Gasteiger partial charge in [0.05, 0.1) is 6.10 Å². The Morgan fingerprint density at radius 2 is 1.61 bits per heavy atom. The van der Waals surface area contributed by atoms with Crippen LogP contribution in [-0.2, 0) is 9.59 Å². The summed E-state index contributed by atoms with van der Waals surface area (Å²) in [5, 5.41) is 24.9. The zero-order chi connectivity index (χ0) is 14.7. The van der Waals surface area contributed by atoms with Gasteiger partial charge in [0.25, 0.3) is 0 Å². The van der Waals surface area contributed by atoms with Crippen LogP contribution in [0.3, 0.4) is 0 Å². The number of hydrogen-bond acceptors (Lipinski definition) is 6. The van der Waals surface area contributed by atoms with Crippen molar-refractivity contribution in [2.24, 2.45) is 17.2 Å². The molecular weight excluding hydrogens is 242 g/mol. The molecule has 9 N–H and O–H groups in total. The number of carboxylic acids is 2. The molecule has 0 aromatic heterocycles. The summed E-state index contributed by atoms with van der Waals surface area (Å²) in [7, 11) is 0. The summed E-state index contributed by atoms with van der Waals surface area (Å²) in [6, 6.07) is -1.87. The van der Waals surface area contributed by atoms with Crippen molar-refractivity contribution in [1.29, 1.82) is 0 Å². The van der Waals surface area contributed by atoms with Crippen LogP contribution < -0.4 is 17.2 Å². The number of carbonyl (C=O) groups is 2. The number of rotatable bonds is 7. The third-order valence-electron chi connectivity index (χ3n) is 2.09. The summed E-state index contributed by atoms with van der Waals surface area (Å²) in [6.07, 6.45) is 1.18. The molecule has 0 saturated heterocycles. The van der Waals surface area contributed by atoms with Gasteiger partial charge in [-0.15, -0.1) is 0 Å². The largest absolute Gasteiger partial charge is 0.480 e. The normalized spacial score (nSPS) is 14.9. The van der Waals surface area contributed by atoms with Gasteiger partial charge in [0.1, 0.15) is 12.1 Å². The van der Waals surface area contributed by atoms with Crippen molar-refractivity contribution >= 4 is 11.9 Å². The first-order valence-electron chi connectivity index (χ1n) is 5.58. The van der Waals surface area contributed by atoms with E-state index in [0.29, 0.717) is 13.0 Å². The number of aliphatic carboxylic acids is 2. The molecule has 0 rings (SSSR count). The molecule has 3 atom stereocenters. The maximum absolute atomic E-state index is 10.1. The van der Waals surface area contributed by atoms with Crippen molar-refractivity contribution in [2.45, 2.75) is 44.4 Å². The third-order valence-corrected chi connectivity index (χ3v) is 2.09. The molecule has 1 unspecified atom stereocenters. The maximum atomic E-state index is 10.1. The molecule has 0 amide bonds. The van der Waals surface area contributed by atoms with Gasteiger partial charge in [-0.05, 0) is 26.3 Å². The van der Waals surface area contributed by atoms with Crippen LogP contribution >= 0.6 is 0 Å². The smallest absolute Gasteiger partial charge is 0.323 e. The van der Waals surface area contributed by atoms with Gasteiger partial charge < -0.3 is 32.5 Å². The lowest BCUT2D eigenvalue weighted by atomic mass is 10.1. The Labute approximate surface area is 106 Å². The summed E-state index contributed by atoms with van der Waals surface area (Å²) < 4.78 is 0. The molecule has 0 aromatic rings. The van der Waals surface area contributed by atoms with Crippen molar-refractivity contribution in [3.8, 4) is 0 Å². The van der Waals surface area contributed by atoms with Crippen LogP contribution in [0.2, 0.25) is 0 Å². The predicted molar refractivity (Wildman–Crippen MR) is 65.8 cm³/mol. The summed E-state index contributed by atoms with van der Waals surface area (Å²) >= 11 is 0. The molecule has 0 aliphatic rings. The molecule has 0 heterocycles. The molecule has 0 aromatic carbocycles. The Morgan fingerprint density at radius 1 is 1.11 bits per heavy atom. The molecule has 0 fully saturated rings.